The van der Waals surface area contributed by atoms with E-state index in [4.69, 9.17) is 9.15 Å². The van der Waals surface area contributed by atoms with E-state index < -0.39 is 0 Å². The van der Waals surface area contributed by atoms with Crippen LogP contribution < -0.4 is 15.4 Å². The predicted molar refractivity (Wildman–Crippen MR) is 128 cm³/mol. The number of nitrogens with zero attached hydrogens (tertiary/aromatic N) is 2. The molecule has 0 amide bonds. The molecule has 2 N–H and O–H groups in total. The topological polar surface area (TPSA) is 62.0 Å². The third kappa shape index (κ3) is 7.22. The van der Waals surface area contributed by atoms with Gasteiger partial charge in [0.25, 0.3) is 0 Å². The lowest BCUT2D eigenvalue weighted by atomic mass is 10.1. The summed E-state index contributed by atoms with van der Waals surface area (Å²) in [4.78, 5) is 6.85. The number of methoxy groups -OCH3 is 1. The summed E-state index contributed by atoms with van der Waals surface area (Å²) < 4.78 is 11.0. The Bertz CT molecular complexity index is 730. The minimum absolute atomic E-state index is 0. The van der Waals surface area contributed by atoms with Crippen LogP contribution in [0.25, 0.3) is 0 Å². The van der Waals surface area contributed by atoms with Crippen molar-refractivity contribution in [2.24, 2.45) is 4.99 Å². The second-order valence-corrected chi connectivity index (χ2v) is 7.11. The molecule has 3 rings (SSSR count). The van der Waals surface area contributed by atoms with E-state index in [-0.39, 0.29) is 30.0 Å². The molecule has 0 radical (unpaired) electrons. The molecule has 1 aromatic carbocycles. The first-order chi connectivity index (χ1) is 13.8. The molecule has 1 aliphatic heterocycles. The number of rotatable bonds is 9. The van der Waals surface area contributed by atoms with Crippen LogP contribution in [0.3, 0.4) is 0 Å². The SMILES string of the molecule is CN=C(NCCCc1cccc(OC)c1)NCC(c1ccco1)N1CCCC1.I. The molecule has 160 valence electrons. The van der Waals surface area contributed by atoms with Crippen molar-refractivity contribution in [2.45, 2.75) is 31.7 Å². The van der Waals surface area contributed by atoms with Crippen molar-refractivity contribution >= 4 is 29.9 Å². The Labute approximate surface area is 191 Å². The molecule has 6 nitrogen and oxygen atoms in total. The number of halogens is 1. The van der Waals surface area contributed by atoms with Gasteiger partial charge in [-0.15, -0.1) is 24.0 Å². The first-order valence-electron chi connectivity index (χ1n) is 10.1. The number of aliphatic imine (C=N–C) groups is 1. The van der Waals surface area contributed by atoms with E-state index in [9.17, 15) is 0 Å². The summed E-state index contributed by atoms with van der Waals surface area (Å²) in [6.45, 7) is 3.90. The van der Waals surface area contributed by atoms with Gasteiger partial charge in [-0.05, 0) is 68.6 Å². The number of guanidine groups is 1. The summed E-state index contributed by atoms with van der Waals surface area (Å²) in [7, 11) is 3.52. The van der Waals surface area contributed by atoms with Gasteiger partial charge in [0.15, 0.2) is 5.96 Å². The Balaban J connectivity index is 0.00000300. The fourth-order valence-corrected chi connectivity index (χ4v) is 3.69. The van der Waals surface area contributed by atoms with Crippen molar-refractivity contribution in [1.29, 1.82) is 0 Å². The van der Waals surface area contributed by atoms with Crippen LogP contribution in [0.4, 0.5) is 0 Å². The largest absolute Gasteiger partial charge is 0.497 e. The molecule has 1 saturated heterocycles. The number of ether oxygens (including phenoxy) is 1. The van der Waals surface area contributed by atoms with Gasteiger partial charge in [-0.3, -0.25) is 9.89 Å². The molecule has 0 saturated carbocycles. The summed E-state index contributed by atoms with van der Waals surface area (Å²) in [6, 6.07) is 12.5. The van der Waals surface area contributed by atoms with Crippen molar-refractivity contribution in [3.05, 3.63) is 54.0 Å². The standard InChI is InChI=1S/C22H32N4O2.HI/c1-23-22(24-12-6-9-18-8-5-10-19(16-18)27-2)25-17-20(21-11-7-15-28-21)26-13-3-4-14-26;/h5,7-8,10-11,15-16,20H,3-4,6,9,12-14,17H2,1-2H3,(H2,23,24,25);1H. The smallest absolute Gasteiger partial charge is 0.191 e. The Morgan fingerprint density at radius 2 is 2.03 bits per heavy atom. The van der Waals surface area contributed by atoms with Gasteiger partial charge in [0.05, 0.1) is 19.4 Å². The van der Waals surface area contributed by atoms with E-state index in [1.807, 2.05) is 25.2 Å². The molecular formula is C22H33IN4O2. The molecule has 2 heterocycles. The minimum atomic E-state index is 0. The highest BCUT2D eigenvalue weighted by Gasteiger charge is 2.25. The highest BCUT2D eigenvalue weighted by Crippen LogP contribution is 2.24. The van der Waals surface area contributed by atoms with Crippen LogP contribution in [0.15, 0.2) is 52.1 Å². The maximum Gasteiger partial charge on any atom is 0.191 e. The molecule has 29 heavy (non-hydrogen) atoms. The molecule has 0 spiro atoms. The lowest BCUT2D eigenvalue weighted by Crippen LogP contribution is -2.42. The van der Waals surface area contributed by atoms with E-state index in [0.29, 0.717) is 0 Å². The van der Waals surface area contributed by atoms with Gasteiger partial charge in [0.1, 0.15) is 11.5 Å². The third-order valence-electron chi connectivity index (χ3n) is 5.21. The van der Waals surface area contributed by atoms with Gasteiger partial charge < -0.3 is 19.8 Å². The second kappa shape index (κ2) is 12.7. The zero-order valence-corrected chi connectivity index (χ0v) is 19.7. The lowest BCUT2D eigenvalue weighted by molar-refractivity contribution is 0.215. The lowest BCUT2D eigenvalue weighted by Gasteiger charge is -2.26. The van der Waals surface area contributed by atoms with Crippen molar-refractivity contribution in [1.82, 2.24) is 15.5 Å². The minimum Gasteiger partial charge on any atom is -0.497 e. The Morgan fingerprint density at radius 3 is 2.72 bits per heavy atom. The molecule has 0 aliphatic carbocycles. The Morgan fingerprint density at radius 1 is 1.21 bits per heavy atom. The highest BCUT2D eigenvalue weighted by molar-refractivity contribution is 14.0. The van der Waals surface area contributed by atoms with Gasteiger partial charge in [-0.25, -0.2) is 0 Å². The number of benzene rings is 1. The van der Waals surface area contributed by atoms with E-state index in [1.54, 1.807) is 13.4 Å². The first-order valence-corrected chi connectivity index (χ1v) is 10.1. The van der Waals surface area contributed by atoms with Crippen LogP contribution in [-0.2, 0) is 6.42 Å². The molecule has 1 aromatic heterocycles. The molecular weight excluding hydrogens is 479 g/mol. The Kier molecular flexibility index (Phi) is 10.3. The second-order valence-electron chi connectivity index (χ2n) is 7.11. The number of nitrogens with one attached hydrogen (secondary N) is 2. The summed E-state index contributed by atoms with van der Waals surface area (Å²) >= 11 is 0. The van der Waals surface area contributed by atoms with Gasteiger partial charge in [0, 0.05) is 20.1 Å². The molecule has 2 aromatic rings. The van der Waals surface area contributed by atoms with Crippen LogP contribution >= 0.6 is 24.0 Å². The van der Waals surface area contributed by atoms with Crippen molar-refractivity contribution in [3.8, 4) is 5.75 Å². The molecule has 7 heteroatoms. The summed E-state index contributed by atoms with van der Waals surface area (Å²) in [6.07, 6.45) is 6.30. The predicted octanol–water partition coefficient (Wildman–Crippen LogP) is 3.84. The van der Waals surface area contributed by atoms with Gasteiger partial charge >= 0.3 is 0 Å². The first kappa shape index (κ1) is 23.5. The Hall–Kier alpha value is -1.74. The van der Waals surface area contributed by atoms with Crippen LogP contribution in [0, 0.1) is 0 Å². The van der Waals surface area contributed by atoms with Crippen LogP contribution in [-0.4, -0.2) is 51.2 Å². The number of furan rings is 1. The van der Waals surface area contributed by atoms with Crippen molar-refractivity contribution in [2.75, 3.05) is 40.3 Å². The van der Waals surface area contributed by atoms with Crippen LogP contribution in [0.1, 0.15) is 36.6 Å². The van der Waals surface area contributed by atoms with Crippen LogP contribution in [0.2, 0.25) is 0 Å². The van der Waals surface area contributed by atoms with Gasteiger partial charge in [0.2, 0.25) is 0 Å². The maximum absolute atomic E-state index is 5.69. The zero-order valence-electron chi connectivity index (χ0n) is 17.4. The molecule has 1 unspecified atom stereocenters. The fraction of sp³-hybridized carbons (Fsp3) is 0.500. The highest BCUT2D eigenvalue weighted by atomic mass is 127. The maximum atomic E-state index is 5.69. The summed E-state index contributed by atoms with van der Waals surface area (Å²) in [5.41, 5.74) is 1.29. The number of hydrogen-bond donors (Lipinski definition) is 2. The van der Waals surface area contributed by atoms with E-state index >= 15 is 0 Å². The average Bonchev–Trinajstić information content (AvgIpc) is 3.44. The van der Waals surface area contributed by atoms with E-state index in [2.05, 4.69) is 38.7 Å². The molecule has 1 aliphatic rings. The molecule has 1 atom stereocenters. The fourth-order valence-electron chi connectivity index (χ4n) is 3.69. The van der Waals surface area contributed by atoms with Crippen molar-refractivity contribution < 1.29 is 9.15 Å². The van der Waals surface area contributed by atoms with Gasteiger partial charge in [-0.2, -0.15) is 0 Å². The zero-order chi connectivity index (χ0) is 19.6. The molecule has 0 bridgehead atoms. The monoisotopic (exact) mass is 512 g/mol. The van der Waals surface area contributed by atoms with Crippen molar-refractivity contribution in [3.63, 3.8) is 0 Å². The van der Waals surface area contributed by atoms with Gasteiger partial charge in [-0.1, -0.05) is 12.1 Å². The van der Waals surface area contributed by atoms with E-state index in [1.165, 1.54) is 18.4 Å². The average molecular weight is 512 g/mol. The summed E-state index contributed by atoms with van der Waals surface area (Å²) in [5, 5.41) is 6.89. The quantitative estimate of drug-likeness (QED) is 0.232. The number of hydrogen-bond acceptors (Lipinski definition) is 4. The van der Waals surface area contributed by atoms with E-state index in [0.717, 1.165) is 56.5 Å². The normalized spacial score (nSPS) is 15.6. The number of likely N-dealkylation sites (tertiary alicyclic amines) is 1. The van der Waals surface area contributed by atoms with Crippen LogP contribution in [0.5, 0.6) is 5.75 Å². The summed E-state index contributed by atoms with van der Waals surface area (Å²) in [5.74, 6) is 2.76. The third-order valence-corrected chi connectivity index (χ3v) is 5.21. The number of aryl methyl sites for hydroxylation is 1. The molecule has 1 fully saturated rings.